The van der Waals surface area contributed by atoms with Crippen molar-refractivity contribution in [2.45, 2.75) is 0 Å². The fourth-order valence-electron chi connectivity index (χ4n) is 4.99. The van der Waals surface area contributed by atoms with E-state index in [0.29, 0.717) is 19.2 Å². The molecular formula is C24H13BN6. The molecule has 31 heavy (non-hydrogen) atoms. The van der Waals surface area contributed by atoms with Crippen LogP contribution in [-0.4, -0.2) is 28.2 Å². The first-order valence-corrected chi connectivity index (χ1v) is 10.3. The second kappa shape index (κ2) is 5.26. The van der Waals surface area contributed by atoms with Gasteiger partial charge in [-0.2, -0.15) is 0 Å². The Bertz CT molecular complexity index is 1820. The van der Waals surface area contributed by atoms with Gasteiger partial charge in [0.05, 0.1) is 0 Å². The Morgan fingerprint density at radius 1 is 0.484 bits per heavy atom. The summed E-state index contributed by atoms with van der Waals surface area (Å²) in [7, 11) is 0.617. The van der Waals surface area contributed by atoms with Crippen molar-refractivity contribution < 1.29 is 0 Å². The van der Waals surface area contributed by atoms with Crippen molar-refractivity contribution in [1.82, 2.24) is 8.96 Å². The standard InChI is InChI=1S/C24H13BN6/c1-2-8-14-13(7-1)19-26-20(14)28-22-16-10-4-6-12-18(16)24-29-23-17-11-5-3-9-15(17)21(27-19)30(23)25-31(22)24/h1-12,25H/b27-19-,27-21?,28-20?,28-22-. The number of benzene rings is 3. The third kappa shape index (κ3) is 1.84. The Balaban J connectivity index is 1.67. The third-order valence-electron chi connectivity index (χ3n) is 6.38. The fraction of sp³-hybridized carbons (Fsp3) is 0. The van der Waals surface area contributed by atoms with Crippen molar-refractivity contribution in [2.24, 2.45) is 20.0 Å². The highest BCUT2D eigenvalue weighted by Gasteiger charge is 2.28. The summed E-state index contributed by atoms with van der Waals surface area (Å²) in [5.41, 5.74) is 3.86. The highest BCUT2D eigenvalue weighted by Crippen LogP contribution is 2.39. The van der Waals surface area contributed by atoms with E-state index in [0.717, 1.165) is 55.3 Å². The first-order chi connectivity index (χ1) is 15.4. The average Bonchev–Trinajstić information content (AvgIpc) is 3.43. The third-order valence-corrected chi connectivity index (χ3v) is 6.38. The lowest BCUT2D eigenvalue weighted by atomic mass is 10.1. The fourth-order valence-corrected chi connectivity index (χ4v) is 4.99. The number of nitrogens with zero attached hydrogens (tertiary/aromatic N) is 6. The molecule has 0 amide bonds. The number of fused-ring (bicyclic) bond motifs is 10. The Hall–Kier alpha value is -4.26. The maximum Gasteiger partial charge on any atom is 0.371 e. The first-order valence-electron chi connectivity index (χ1n) is 10.3. The molecule has 142 valence electrons. The van der Waals surface area contributed by atoms with E-state index in [-0.39, 0.29) is 0 Å². The molecule has 3 aliphatic rings. The van der Waals surface area contributed by atoms with Gasteiger partial charge >= 0.3 is 7.55 Å². The monoisotopic (exact) mass is 396 g/mol. The molecule has 0 unspecified atom stereocenters. The van der Waals surface area contributed by atoms with Gasteiger partial charge in [0.15, 0.2) is 11.7 Å². The summed E-state index contributed by atoms with van der Waals surface area (Å²) in [6.07, 6.45) is 0. The first kappa shape index (κ1) is 15.6. The van der Waals surface area contributed by atoms with Gasteiger partial charge in [-0.1, -0.05) is 72.8 Å². The molecule has 0 saturated carbocycles. The molecule has 0 fully saturated rings. The molecule has 0 atom stereocenters. The highest BCUT2D eigenvalue weighted by molar-refractivity contribution is 6.37. The Morgan fingerprint density at radius 3 is 1.68 bits per heavy atom. The van der Waals surface area contributed by atoms with Crippen molar-refractivity contribution in [3.8, 4) is 0 Å². The van der Waals surface area contributed by atoms with E-state index in [9.17, 15) is 0 Å². The largest absolute Gasteiger partial charge is 0.371 e. The molecule has 5 heterocycles. The zero-order valence-electron chi connectivity index (χ0n) is 16.3. The number of amidine groups is 2. The van der Waals surface area contributed by atoms with E-state index in [4.69, 9.17) is 20.0 Å². The van der Waals surface area contributed by atoms with Crippen LogP contribution >= 0.6 is 0 Å². The van der Waals surface area contributed by atoms with Crippen LogP contribution in [0, 0.1) is 0 Å². The molecule has 7 heteroatoms. The van der Waals surface area contributed by atoms with E-state index < -0.39 is 0 Å². The maximum atomic E-state index is 5.14. The van der Waals surface area contributed by atoms with Gasteiger partial charge in [-0.25, -0.2) is 20.0 Å². The number of aromatic nitrogens is 2. The second-order valence-electron chi connectivity index (χ2n) is 8.02. The Morgan fingerprint density at radius 2 is 1.00 bits per heavy atom. The molecule has 0 aliphatic carbocycles. The number of hydrogen-bond acceptors (Lipinski definition) is 4. The molecule has 3 aromatic carbocycles. The van der Waals surface area contributed by atoms with E-state index in [1.807, 2.05) is 12.1 Å². The Labute approximate surface area is 176 Å². The minimum absolute atomic E-state index is 0.617. The lowest BCUT2D eigenvalue weighted by Gasteiger charge is -2.14. The molecule has 0 N–H and O–H groups in total. The average molecular weight is 396 g/mol. The topological polar surface area (TPSA) is 59.3 Å². The summed E-state index contributed by atoms with van der Waals surface area (Å²) in [5.74, 6) is 3.24. The molecule has 2 aromatic heterocycles. The highest BCUT2D eigenvalue weighted by atomic mass is 15.2. The molecule has 6 nitrogen and oxygen atoms in total. The second-order valence-corrected chi connectivity index (χ2v) is 8.02. The van der Waals surface area contributed by atoms with Crippen LogP contribution in [0.15, 0.2) is 92.8 Å². The van der Waals surface area contributed by atoms with Crippen LogP contribution in [0.4, 0.5) is 11.6 Å². The van der Waals surface area contributed by atoms with Crippen molar-refractivity contribution in [2.75, 3.05) is 0 Å². The van der Waals surface area contributed by atoms with Crippen LogP contribution in [0.5, 0.6) is 0 Å². The smallest absolute Gasteiger partial charge is 0.336 e. The summed E-state index contributed by atoms with van der Waals surface area (Å²) in [6.45, 7) is 0. The van der Waals surface area contributed by atoms with E-state index >= 15 is 0 Å². The van der Waals surface area contributed by atoms with E-state index in [1.54, 1.807) is 0 Å². The molecule has 0 saturated heterocycles. The summed E-state index contributed by atoms with van der Waals surface area (Å²) < 4.78 is 4.37. The molecular weight excluding hydrogens is 383 g/mol. The van der Waals surface area contributed by atoms with E-state index in [2.05, 4.69) is 69.6 Å². The summed E-state index contributed by atoms with van der Waals surface area (Å²) in [5, 5.41) is 4.38. The molecule has 3 aliphatic heterocycles. The van der Waals surface area contributed by atoms with Crippen molar-refractivity contribution in [3.05, 3.63) is 94.9 Å². The molecule has 4 bridgehead atoms. The van der Waals surface area contributed by atoms with Gasteiger partial charge in [0.25, 0.3) is 0 Å². The van der Waals surface area contributed by atoms with Crippen LogP contribution in [0.3, 0.4) is 0 Å². The molecule has 0 radical (unpaired) electrons. The normalized spacial score (nSPS) is 17.7. The maximum absolute atomic E-state index is 5.14. The number of hydrogen-bond donors (Lipinski definition) is 0. The summed E-state index contributed by atoms with van der Waals surface area (Å²) in [4.78, 5) is 20.1. The van der Waals surface area contributed by atoms with Gasteiger partial charge in [-0.3, -0.25) is 0 Å². The quantitative estimate of drug-likeness (QED) is 0.355. The van der Waals surface area contributed by atoms with Crippen LogP contribution < -0.4 is 11.0 Å². The van der Waals surface area contributed by atoms with Crippen LogP contribution in [0.2, 0.25) is 0 Å². The lowest BCUT2D eigenvalue weighted by molar-refractivity contribution is 0.947. The van der Waals surface area contributed by atoms with Crippen molar-refractivity contribution >= 4 is 52.4 Å². The summed E-state index contributed by atoms with van der Waals surface area (Å²) in [6, 6.07) is 24.9. The number of rotatable bonds is 0. The molecule has 8 rings (SSSR count). The van der Waals surface area contributed by atoms with Crippen LogP contribution in [0.1, 0.15) is 11.1 Å². The van der Waals surface area contributed by atoms with Crippen LogP contribution in [0.25, 0.3) is 21.5 Å². The summed E-state index contributed by atoms with van der Waals surface area (Å²) >= 11 is 0. The SMILES string of the molecule is B1n2c3c4ccccc4c2/N=C2N=C(/N=c4/c5ccccc5c(n41)=N3)c1ccccc1\2. The zero-order chi connectivity index (χ0) is 20.1. The minimum atomic E-state index is 0.617. The predicted octanol–water partition coefficient (Wildman–Crippen LogP) is 3.00. The van der Waals surface area contributed by atoms with Gasteiger partial charge in [0, 0.05) is 32.7 Å². The lowest BCUT2D eigenvalue weighted by Crippen LogP contribution is -2.38. The minimum Gasteiger partial charge on any atom is -0.336 e. The van der Waals surface area contributed by atoms with E-state index in [1.165, 1.54) is 0 Å². The van der Waals surface area contributed by atoms with Crippen molar-refractivity contribution in [1.29, 1.82) is 0 Å². The predicted molar refractivity (Wildman–Crippen MR) is 123 cm³/mol. The van der Waals surface area contributed by atoms with Gasteiger partial charge in [0.2, 0.25) is 0 Å². The van der Waals surface area contributed by atoms with Gasteiger partial charge in [-0.15, -0.1) is 0 Å². The van der Waals surface area contributed by atoms with Gasteiger partial charge < -0.3 is 8.96 Å². The molecule has 0 spiro atoms. The Kier molecular flexibility index (Phi) is 2.64. The number of aliphatic imine (C=N–C) groups is 2. The van der Waals surface area contributed by atoms with Crippen LogP contribution in [-0.2, 0) is 0 Å². The molecule has 5 aromatic rings. The zero-order valence-corrected chi connectivity index (χ0v) is 16.3. The van der Waals surface area contributed by atoms with Crippen molar-refractivity contribution in [3.63, 3.8) is 0 Å². The van der Waals surface area contributed by atoms with Gasteiger partial charge in [0.1, 0.15) is 22.6 Å². The van der Waals surface area contributed by atoms with Gasteiger partial charge in [-0.05, 0) is 0 Å².